The molecule has 1 rings (SSSR count). The third-order valence-electron chi connectivity index (χ3n) is 1.99. The fourth-order valence-corrected chi connectivity index (χ4v) is 0.908. The van der Waals surface area contributed by atoms with Crippen molar-refractivity contribution < 1.29 is 9.90 Å². The summed E-state index contributed by atoms with van der Waals surface area (Å²) in [6.07, 6.45) is 1.45. The SMILES string of the molecule is CC(C)(C)C(=O)Cn1nncc1CO. The van der Waals surface area contributed by atoms with E-state index in [-0.39, 0.29) is 18.9 Å². The number of rotatable bonds is 3. The standard InChI is InChI=1S/C9H15N3O2/c1-9(2,3)8(14)5-12-7(6-13)4-10-11-12/h4,13H,5-6H2,1-3H3. The van der Waals surface area contributed by atoms with Crippen molar-refractivity contribution in [3.8, 4) is 0 Å². The summed E-state index contributed by atoms with van der Waals surface area (Å²) in [5.41, 5.74) is 0.168. The fourth-order valence-electron chi connectivity index (χ4n) is 0.908. The van der Waals surface area contributed by atoms with Crippen molar-refractivity contribution in [3.63, 3.8) is 0 Å². The van der Waals surface area contributed by atoms with Gasteiger partial charge in [-0.3, -0.25) is 4.79 Å². The van der Waals surface area contributed by atoms with E-state index in [1.807, 2.05) is 20.8 Å². The van der Waals surface area contributed by atoms with Crippen molar-refractivity contribution in [1.29, 1.82) is 0 Å². The van der Waals surface area contributed by atoms with E-state index in [4.69, 9.17) is 5.11 Å². The first-order valence-electron chi connectivity index (χ1n) is 4.46. The molecule has 0 spiro atoms. The normalized spacial score (nSPS) is 11.7. The van der Waals surface area contributed by atoms with Crippen LogP contribution in [-0.4, -0.2) is 25.9 Å². The molecule has 0 atom stereocenters. The lowest BCUT2D eigenvalue weighted by atomic mass is 9.91. The Kier molecular flexibility index (Phi) is 3.00. The molecule has 0 fully saturated rings. The van der Waals surface area contributed by atoms with Crippen molar-refractivity contribution in [2.24, 2.45) is 5.41 Å². The molecule has 0 radical (unpaired) electrons. The Morgan fingerprint density at radius 2 is 2.21 bits per heavy atom. The molecule has 0 aliphatic rings. The summed E-state index contributed by atoms with van der Waals surface area (Å²) in [6, 6.07) is 0. The number of aromatic nitrogens is 3. The van der Waals surface area contributed by atoms with E-state index in [0.717, 1.165) is 0 Å². The number of aliphatic hydroxyl groups is 1. The summed E-state index contributed by atoms with van der Waals surface area (Å²) in [6.45, 7) is 5.57. The Morgan fingerprint density at radius 1 is 1.57 bits per heavy atom. The van der Waals surface area contributed by atoms with Gasteiger partial charge < -0.3 is 5.11 Å². The third kappa shape index (κ3) is 2.38. The molecule has 5 nitrogen and oxygen atoms in total. The largest absolute Gasteiger partial charge is 0.390 e. The van der Waals surface area contributed by atoms with Crippen LogP contribution in [0.2, 0.25) is 0 Å². The Hall–Kier alpha value is -1.23. The van der Waals surface area contributed by atoms with Gasteiger partial charge in [0.25, 0.3) is 0 Å². The molecular formula is C9H15N3O2. The number of Topliss-reactive ketones (excluding diaryl/α,β-unsaturated/α-hetero) is 1. The van der Waals surface area contributed by atoms with Gasteiger partial charge in [0.15, 0.2) is 5.78 Å². The van der Waals surface area contributed by atoms with Crippen LogP contribution in [0.25, 0.3) is 0 Å². The summed E-state index contributed by atoms with van der Waals surface area (Å²) in [7, 11) is 0. The van der Waals surface area contributed by atoms with Crippen LogP contribution in [-0.2, 0) is 17.9 Å². The quantitative estimate of drug-likeness (QED) is 0.761. The first-order valence-corrected chi connectivity index (χ1v) is 4.46. The molecule has 5 heteroatoms. The number of carbonyl (C=O) groups is 1. The molecule has 78 valence electrons. The predicted octanol–water partition coefficient (Wildman–Crippen LogP) is 0.386. The van der Waals surface area contributed by atoms with Crippen LogP contribution >= 0.6 is 0 Å². The highest BCUT2D eigenvalue weighted by atomic mass is 16.3. The zero-order chi connectivity index (χ0) is 10.8. The summed E-state index contributed by atoms with van der Waals surface area (Å²) in [5, 5.41) is 16.3. The Morgan fingerprint density at radius 3 is 2.71 bits per heavy atom. The van der Waals surface area contributed by atoms with Crippen LogP contribution in [0, 0.1) is 5.41 Å². The molecule has 0 aliphatic carbocycles. The number of carbonyl (C=O) groups excluding carboxylic acids is 1. The van der Waals surface area contributed by atoms with Crippen molar-refractivity contribution in [2.45, 2.75) is 33.9 Å². The maximum atomic E-state index is 11.6. The first-order chi connectivity index (χ1) is 6.45. The molecule has 0 bridgehead atoms. The molecule has 0 aliphatic heterocycles. The van der Waals surface area contributed by atoms with E-state index in [1.54, 1.807) is 0 Å². The minimum Gasteiger partial charge on any atom is -0.390 e. The second-order valence-corrected chi connectivity index (χ2v) is 4.21. The van der Waals surface area contributed by atoms with E-state index in [0.29, 0.717) is 5.69 Å². The average molecular weight is 197 g/mol. The van der Waals surface area contributed by atoms with E-state index < -0.39 is 5.41 Å². The van der Waals surface area contributed by atoms with Crippen LogP contribution in [0.15, 0.2) is 6.20 Å². The molecular weight excluding hydrogens is 182 g/mol. The van der Waals surface area contributed by atoms with Crippen molar-refractivity contribution in [1.82, 2.24) is 15.0 Å². The van der Waals surface area contributed by atoms with Crippen LogP contribution in [0.5, 0.6) is 0 Å². The number of ketones is 1. The van der Waals surface area contributed by atoms with Gasteiger partial charge >= 0.3 is 0 Å². The molecule has 1 aromatic heterocycles. The van der Waals surface area contributed by atoms with Crippen molar-refractivity contribution in [2.75, 3.05) is 0 Å². The lowest BCUT2D eigenvalue weighted by molar-refractivity contribution is -0.127. The van der Waals surface area contributed by atoms with Crippen LogP contribution in [0.1, 0.15) is 26.5 Å². The minimum absolute atomic E-state index is 0.0673. The van der Waals surface area contributed by atoms with Gasteiger partial charge in [-0.05, 0) is 0 Å². The van der Waals surface area contributed by atoms with E-state index in [9.17, 15) is 4.79 Å². The summed E-state index contributed by atoms with van der Waals surface area (Å²) in [5.74, 6) is 0.0673. The van der Waals surface area contributed by atoms with Crippen molar-refractivity contribution in [3.05, 3.63) is 11.9 Å². The number of hydrogen-bond donors (Lipinski definition) is 1. The van der Waals surface area contributed by atoms with Crippen molar-refractivity contribution >= 4 is 5.78 Å². The second-order valence-electron chi connectivity index (χ2n) is 4.21. The van der Waals surface area contributed by atoms with Crippen LogP contribution < -0.4 is 0 Å². The molecule has 0 amide bonds. The number of nitrogens with zero attached hydrogens (tertiary/aromatic N) is 3. The summed E-state index contributed by atoms with van der Waals surface area (Å²) < 4.78 is 1.42. The molecule has 0 saturated heterocycles. The van der Waals surface area contributed by atoms with Gasteiger partial charge in [0.2, 0.25) is 0 Å². The monoisotopic (exact) mass is 197 g/mol. The summed E-state index contributed by atoms with van der Waals surface area (Å²) in [4.78, 5) is 11.6. The Balaban J connectivity index is 2.74. The predicted molar refractivity (Wildman–Crippen MR) is 50.4 cm³/mol. The fraction of sp³-hybridized carbons (Fsp3) is 0.667. The lowest BCUT2D eigenvalue weighted by Gasteiger charge is -2.16. The zero-order valence-electron chi connectivity index (χ0n) is 8.69. The average Bonchev–Trinajstić information content (AvgIpc) is 2.50. The first kappa shape index (κ1) is 10.8. The van der Waals surface area contributed by atoms with Gasteiger partial charge in [0.1, 0.15) is 6.54 Å². The molecule has 0 unspecified atom stereocenters. The highest BCUT2D eigenvalue weighted by molar-refractivity contribution is 5.83. The second kappa shape index (κ2) is 3.88. The Bertz CT molecular complexity index is 325. The molecule has 1 heterocycles. The van der Waals surface area contributed by atoms with E-state index in [2.05, 4.69) is 10.3 Å². The lowest BCUT2D eigenvalue weighted by Crippen LogP contribution is -2.26. The molecule has 1 aromatic rings. The zero-order valence-corrected chi connectivity index (χ0v) is 8.69. The summed E-state index contributed by atoms with van der Waals surface area (Å²) >= 11 is 0. The highest BCUT2D eigenvalue weighted by Crippen LogP contribution is 2.15. The van der Waals surface area contributed by atoms with E-state index >= 15 is 0 Å². The topological polar surface area (TPSA) is 68.0 Å². The molecule has 14 heavy (non-hydrogen) atoms. The van der Waals surface area contributed by atoms with Gasteiger partial charge in [0, 0.05) is 5.41 Å². The maximum absolute atomic E-state index is 11.6. The van der Waals surface area contributed by atoms with Gasteiger partial charge in [-0.15, -0.1) is 5.10 Å². The molecule has 0 aromatic carbocycles. The molecule has 0 saturated carbocycles. The minimum atomic E-state index is -0.390. The van der Waals surface area contributed by atoms with Gasteiger partial charge in [0.05, 0.1) is 18.5 Å². The van der Waals surface area contributed by atoms with Gasteiger partial charge in [-0.2, -0.15) is 0 Å². The maximum Gasteiger partial charge on any atom is 0.159 e. The van der Waals surface area contributed by atoms with Crippen LogP contribution in [0.3, 0.4) is 0 Å². The number of aliphatic hydroxyl groups excluding tert-OH is 1. The van der Waals surface area contributed by atoms with Gasteiger partial charge in [-0.25, -0.2) is 4.68 Å². The van der Waals surface area contributed by atoms with Gasteiger partial charge in [-0.1, -0.05) is 26.0 Å². The van der Waals surface area contributed by atoms with Crippen LogP contribution in [0.4, 0.5) is 0 Å². The molecule has 1 N–H and O–H groups in total. The smallest absolute Gasteiger partial charge is 0.159 e. The highest BCUT2D eigenvalue weighted by Gasteiger charge is 2.22. The third-order valence-corrected chi connectivity index (χ3v) is 1.99. The number of hydrogen-bond acceptors (Lipinski definition) is 4. The Labute approximate surface area is 82.7 Å². The van der Waals surface area contributed by atoms with E-state index in [1.165, 1.54) is 10.9 Å².